The lowest BCUT2D eigenvalue weighted by atomic mass is 9.91. The Hall–Kier alpha value is -4.92. The third-order valence-electron chi connectivity index (χ3n) is 10.9. The van der Waals surface area contributed by atoms with Crippen LogP contribution < -0.4 is 19.8 Å². The monoisotopic (exact) mass is 833 g/mol. The lowest BCUT2D eigenvalue weighted by molar-refractivity contribution is -0.148. The van der Waals surface area contributed by atoms with Crippen molar-refractivity contribution in [1.82, 2.24) is 30.2 Å². The molecule has 2 aromatic heterocycles. The van der Waals surface area contributed by atoms with Crippen LogP contribution in [0.2, 0.25) is 0 Å². The molecule has 58 heavy (non-hydrogen) atoms. The van der Waals surface area contributed by atoms with E-state index < -0.39 is 43.4 Å². The first-order chi connectivity index (χ1) is 27.9. The second-order valence-electron chi connectivity index (χ2n) is 15.3. The van der Waals surface area contributed by atoms with Gasteiger partial charge in [0.1, 0.15) is 36.0 Å². The van der Waals surface area contributed by atoms with Crippen LogP contribution in [0.25, 0.3) is 10.1 Å². The van der Waals surface area contributed by atoms with Crippen LogP contribution in [-0.4, -0.2) is 101 Å². The molecule has 1 unspecified atom stereocenters. The number of nitrogens with zero attached hydrogens (tertiary/aromatic N) is 5. The van der Waals surface area contributed by atoms with Crippen LogP contribution >= 0.6 is 18.9 Å². The van der Waals surface area contributed by atoms with Crippen LogP contribution in [0.15, 0.2) is 67.1 Å². The van der Waals surface area contributed by atoms with E-state index in [4.69, 9.17) is 9.26 Å². The van der Waals surface area contributed by atoms with E-state index in [2.05, 4.69) is 20.4 Å². The summed E-state index contributed by atoms with van der Waals surface area (Å²) in [5.74, 6) is -2.58. The van der Waals surface area contributed by atoms with Crippen molar-refractivity contribution in [3.05, 3.63) is 83.1 Å². The number of para-hydroxylation sites is 1. The Balaban J connectivity index is 1.03. The number of fused-ring (bicyclic) bond motifs is 2. The summed E-state index contributed by atoms with van der Waals surface area (Å²) in [7, 11) is -0.596. The molecule has 0 spiro atoms. The van der Waals surface area contributed by atoms with Crippen LogP contribution in [-0.2, 0) is 23.7 Å². The fourth-order valence-electron chi connectivity index (χ4n) is 7.97. The molecular formula is C41H49FN7O7PS. The van der Waals surface area contributed by atoms with Gasteiger partial charge in [-0.2, -0.15) is 0 Å². The van der Waals surface area contributed by atoms with E-state index in [1.807, 2.05) is 25.9 Å². The Labute approximate surface area is 341 Å². The Bertz CT molecular complexity index is 2200. The molecule has 5 heterocycles. The van der Waals surface area contributed by atoms with E-state index in [1.54, 1.807) is 58.5 Å². The fraction of sp³-hybridized carbons (Fsp3) is 0.463. The van der Waals surface area contributed by atoms with Gasteiger partial charge in [0.15, 0.2) is 0 Å². The SMILES string of the molecule is CCCOC(=O)[C@H](C)NP(=O)(Oc1ccccc1)[C@@H](F)c1ccc2sc(C(=O)N[C@H]3CCC[C@H]4CC[C@@H](C(=O)N5CC(c6cncnc6N(C)C)C5)N4C3=O)cc2c1. The second-order valence-corrected chi connectivity index (χ2v) is 18.5. The third kappa shape index (κ3) is 8.60. The number of alkyl halides is 1. The number of aromatic nitrogens is 2. The number of nitrogens with one attached hydrogen (secondary N) is 2. The Morgan fingerprint density at radius 2 is 1.84 bits per heavy atom. The van der Waals surface area contributed by atoms with Crippen LogP contribution in [0.4, 0.5) is 10.2 Å². The van der Waals surface area contributed by atoms with E-state index in [0.29, 0.717) is 53.7 Å². The highest BCUT2D eigenvalue weighted by molar-refractivity contribution is 7.57. The number of benzene rings is 2. The van der Waals surface area contributed by atoms with Crippen molar-refractivity contribution in [3.63, 3.8) is 0 Å². The number of amides is 3. The number of hydrogen-bond acceptors (Lipinski definition) is 11. The summed E-state index contributed by atoms with van der Waals surface area (Å²) >= 11 is 1.18. The van der Waals surface area contributed by atoms with Gasteiger partial charge in [0.05, 0.1) is 11.5 Å². The summed E-state index contributed by atoms with van der Waals surface area (Å²) in [6, 6.07) is 11.8. The largest absolute Gasteiger partial charge is 0.465 e. The van der Waals surface area contributed by atoms with Crippen molar-refractivity contribution in [2.75, 3.05) is 38.7 Å². The lowest BCUT2D eigenvalue weighted by Gasteiger charge is -2.43. The average Bonchev–Trinajstić information content (AvgIpc) is 3.79. The van der Waals surface area contributed by atoms with Crippen molar-refractivity contribution in [3.8, 4) is 5.75 Å². The van der Waals surface area contributed by atoms with Crippen LogP contribution in [0, 0.1) is 0 Å². The Morgan fingerprint density at radius 3 is 2.59 bits per heavy atom. The molecular weight excluding hydrogens is 785 g/mol. The van der Waals surface area contributed by atoms with Crippen LogP contribution in [0.3, 0.4) is 0 Å². The van der Waals surface area contributed by atoms with Crippen molar-refractivity contribution in [2.45, 2.75) is 88.4 Å². The zero-order valence-corrected chi connectivity index (χ0v) is 34.7. The topological polar surface area (TPSA) is 163 Å². The molecule has 3 saturated heterocycles. The molecule has 0 saturated carbocycles. The molecule has 3 aliphatic heterocycles. The molecule has 17 heteroatoms. The minimum atomic E-state index is -4.44. The van der Waals surface area contributed by atoms with Crippen molar-refractivity contribution in [2.24, 2.45) is 0 Å². The van der Waals surface area contributed by atoms with Gasteiger partial charge in [-0.25, -0.2) is 19.4 Å². The predicted molar refractivity (Wildman–Crippen MR) is 219 cm³/mol. The van der Waals surface area contributed by atoms with Gasteiger partial charge in [-0.05, 0) is 86.7 Å². The molecule has 0 aliphatic carbocycles. The maximum Gasteiger partial charge on any atom is 0.355 e. The maximum absolute atomic E-state index is 16.5. The van der Waals surface area contributed by atoms with Gasteiger partial charge < -0.3 is 29.3 Å². The summed E-state index contributed by atoms with van der Waals surface area (Å²) in [6.07, 6.45) is 7.11. The number of hydrogen-bond donors (Lipinski definition) is 2. The summed E-state index contributed by atoms with van der Waals surface area (Å²) in [6.45, 7) is 4.48. The summed E-state index contributed by atoms with van der Waals surface area (Å²) in [4.78, 5) is 68.7. The molecule has 0 radical (unpaired) electrons. The standard InChI is InChI=1S/C41H49FN7O7PS/c1-5-18-55-41(53)25(2)46-57(54,56-30-11-7-6-8-12-30)36(42)26-14-17-34-27(19-26)20-35(58-34)38(50)45-32-13-9-10-29-15-16-33(49(29)39(32)51)40(52)48-22-28(23-48)31-21-43-24-44-37(31)47(3)4/h6-8,11-12,14,17,19-21,24-25,28-29,32-33,36H,5,9-10,13,15-16,18,22-23H2,1-4H3,(H,45,50)(H,46,54)/t25-,29-,32-,33-,36+,57?/m0/s1. The molecule has 3 aliphatic rings. The highest BCUT2D eigenvalue weighted by atomic mass is 32.1. The van der Waals surface area contributed by atoms with Gasteiger partial charge in [0, 0.05) is 55.6 Å². The Morgan fingerprint density at radius 1 is 1.07 bits per heavy atom. The summed E-state index contributed by atoms with van der Waals surface area (Å²) in [5, 5.41) is 6.05. The zero-order valence-electron chi connectivity index (χ0n) is 33.0. The molecule has 6 atom stereocenters. The molecule has 3 fully saturated rings. The summed E-state index contributed by atoms with van der Waals surface area (Å²) in [5.41, 5.74) is 1.01. The predicted octanol–water partition coefficient (Wildman–Crippen LogP) is 6.20. The van der Waals surface area contributed by atoms with Gasteiger partial charge in [-0.3, -0.25) is 23.7 Å². The molecule has 2 N–H and O–H groups in total. The maximum atomic E-state index is 16.5. The number of carbonyl (C=O) groups is 4. The quantitative estimate of drug-likeness (QED) is 0.110. The fourth-order valence-corrected chi connectivity index (χ4v) is 10.8. The number of carbonyl (C=O) groups excluding carboxylic acids is 4. The van der Waals surface area contributed by atoms with E-state index in [0.717, 1.165) is 24.2 Å². The zero-order chi connectivity index (χ0) is 41.1. The van der Waals surface area contributed by atoms with Gasteiger partial charge in [-0.15, -0.1) is 11.3 Å². The van der Waals surface area contributed by atoms with E-state index in [-0.39, 0.29) is 41.7 Å². The van der Waals surface area contributed by atoms with Gasteiger partial charge in [-0.1, -0.05) is 31.2 Å². The number of halogens is 1. The van der Waals surface area contributed by atoms with E-state index in [9.17, 15) is 23.7 Å². The smallest absolute Gasteiger partial charge is 0.355 e. The van der Waals surface area contributed by atoms with Crippen LogP contribution in [0.5, 0.6) is 5.75 Å². The number of thiophene rings is 1. The van der Waals surface area contributed by atoms with Crippen molar-refractivity contribution in [1.29, 1.82) is 0 Å². The van der Waals surface area contributed by atoms with Crippen molar-refractivity contribution < 1.29 is 37.4 Å². The summed E-state index contributed by atoms with van der Waals surface area (Å²) < 4.78 is 42.4. The van der Waals surface area contributed by atoms with Gasteiger partial charge in [0.2, 0.25) is 17.7 Å². The highest BCUT2D eigenvalue weighted by Gasteiger charge is 2.48. The molecule has 7 rings (SSSR count). The molecule has 3 amide bonds. The molecule has 14 nitrogen and oxygen atoms in total. The Kier molecular flexibility index (Phi) is 12.5. The third-order valence-corrected chi connectivity index (χ3v) is 14.2. The van der Waals surface area contributed by atoms with Gasteiger partial charge in [0.25, 0.3) is 5.91 Å². The van der Waals surface area contributed by atoms with E-state index >= 15 is 4.39 Å². The second kappa shape index (κ2) is 17.5. The van der Waals surface area contributed by atoms with E-state index in [1.165, 1.54) is 36.7 Å². The number of ether oxygens (including phenoxy) is 1. The number of esters is 1. The van der Waals surface area contributed by atoms with Gasteiger partial charge >= 0.3 is 13.5 Å². The minimum absolute atomic E-state index is 0.0247. The molecule has 308 valence electrons. The number of rotatable bonds is 14. The minimum Gasteiger partial charge on any atom is -0.465 e. The number of anilines is 1. The number of likely N-dealkylation sites (tertiary alicyclic amines) is 1. The van der Waals surface area contributed by atoms with Crippen molar-refractivity contribution >= 4 is 58.5 Å². The highest BCUT2D eigenvalue weighted by Crippen LogP contribution is 2.58. The van der Waals surface area contributed by atoms with Crippen LogP contribution in [0.1, 0.15) is 85.0 Å². The normalized spacial score (nSPS) is 21.6. The first-order valence-electron chi connectivity index (χ1n) is 19.7. The molecule has 2 aromatic carbocycles. The first kappa shape index (κ1) is 41.2. The lowest BCUT2D eigenvalue weighted by Crippen LogP contribution is -2.58. The first-order valence-corrected chi connectivity index (χ1v) is 22.2. The molecule has 0 bridgehead atoms. The molecule has 4 aromatic rings. The average molecular weight is 834 g/mol.